The summed E-state index contributed by atoms with van der Waals surface area (Å²) in [6, 6.07) is 0. The highest BCUT2D eigenvalue weighted by molar-refractivity contribution is 7.09. The van der Waals surface area contributed by atoms with Crippen LogP contribution in [-0.4, -0.2) is 15.0 Å². The van der Waals surface area contributed by atoms with Gasteiger partial charge in [-0.1, -0.05) is 18.5 Å². The van der Waals surface area contributed by atoms with Crippen molar-refractivity contribution in [1.82, 2.24) is 15.0 Å². The van der Waals surface area contributed by atoms with E-state index in [0.29, 0.717) is 5.15 Å². The van der Waals surface area contributed by atoms with Crippen molar-refractivity contribution in [1.29, 1.82) is 0 Å². The Morgan fingerprint density at radius 1 is 1.35 bits per heavy atom. The van der Waals surface area contributed by atoms with E-state index in [2.05, 4.69) is 21.9 Å². The molecule has 0 unspecified atom stereocenters. The van der Waals surface area contributed by atoms with Gasteiger partial charge >= 0.3 is 0 Å². The summed E-state index contributed by atoms with van der Waals surface area (Å²) in [6.45, 7) is 4.07. The van der Waals surface area contributed by atoms with Crippen LogP contribution in [0.4, 0.5) is 0 Å². The summed E-state index contributed by atoms with van der Waals surface area (Å²) in [4.78, 5) is 13.1. The molecule has 0 saturated carbocycles. The second-order valence-electron chi connectivity index (χ2n) is 3.85. The summed E-state index contributed by atoms with van der Waals surface area (Å²) in [5, 5.41) is 3.60. The van der Waals surface area contributed by atoms with Gasteiger partial charge in [-0.3, -0.25) is 0 Å². The predicted octanol–water partition coefficient (Wildman–Crippen LogP) is 3.44. The molecule has 0 amide bonds. The van der Waals surface area contributed by atoms with E-state index in [0.717, 1.165) is 41.4 Å². The van der Waals surface area contributed by atoms with Gasteiger partial charge in [0.25, 0.3) is 0 Å². The molecule has 3 nitrogen and oxygen atoms in total. The van der Waals surface area contributed by atoms with E-state index in [1.54, 1.807) is 11.3 Å². The predicted molar refractivity (Wildman–Crippen MR) is 70.7 cm³/mol. The number of hydrogen-bond donors (Lipinski definition) is 0. The molecule has 0 spiro atoms. The van der Waals surface area contributed by atoms with Crippen LogP contribution in [0.1, 0.15) is 35.4 Å². The Morgan fingerprint density at radius 2 is 2.18 bits per heavy atom. The van der Waals surface area contributed by atoms with E-state index >= 15 is 0 Å². The topological polar surface area (TPSA) is 38.7 Å². The summed E-state index contributed by atoms with van der Waals surface area (Å²) in [7, 11) is 0. The molecule has 2 aromatic rings. The van der Waals surface area contributed by atoms with Crippen molar-refractivity contribution in [2.75, 3.05) is 0 Å². The first kappa shape index (κ1) is 12.5. The molecule has 2 rings (SSSR count). The first-order valence-electron chi connectivity index (χ1n) is 5.61. The third-order valence-electron chi connectivity index (χ3n) is 2.51. The molecule has 0 atom stereocenters. The molecule has 0 aromatic carbocycles. The summed E-state index contributed by atoms with van der Waals surface area (Å²) in [5.74, 6) is 0.828. The van der Waals surface area contributed by atoms with E-state index in [1.165, 1.54) is 0 Å². The van der Waals surface area contributed by atoms with Crippen LogP contribution < -0.4 is 0 Å². The molecule has 0 bridgehead atoms. The van der Waals surface area contributed by atoms with Crippen LogP contribution in [0.3, 0.4) is 0 Å². The third kappa shape index (κ3) is 3.01. The molecule has 0 N–H and O–H groups in total. The van der Waals surface area contributed by atoms with Gasteiger partial charge in [-0.15, -0.1) is 11.3 Å². The normalized spacial score (nSPS) is 10.8. The quantitative estimate of drug-likeness (QED) is 0.797. The Labute approximate surface area is 110 Å². The largest absolute Gasteiger partial charge is 0.249 e. The minimum Gasteiger partial charge on any atom is -0.249 e. The van der Waals surface area contributed by atoms with Crippen molar-refractivity contribution in [2.24, 2.45) is 0 Å². The maximum Gasteiger partial charge on any atom is 0.135 e. The van der Waals surface area contributed by atoms with Gasteiger partial charge < -0.3 is 0 Å². The van der Waals surface area contributed by atoms with Crippen molar-refractivity contribution in [3.63, 3.8) is 0 Å². The highest BCUT2D eigenvalue weighted by atomic mass is 35.5. The van der Waals surface area contributed by atoms with Crippen LogP contribution in [0.15, 0.2) is 11.6 Å². The van der Waals surface area contributed by atoms with E-state index in [-0.39, 0.29) is 0 Å². The lowest BCUT2D eigenvalue weighted by Crippen LogP contribution is -2.04. The minimum atomic E-state index is 0.565. The van der Waals surface area contributed by atoms with Gasteiger partial charge in [-0.25, -0.2) is 15.0 Å². The molecule has 5 heteroatoms. The number of aryl methyl sites for hydroxylation is 1. The summed E-state index contributed by atoms with van der Waals surface area (Å²) in [5.41, 5.74) is 1.95. The molecule has 2 heterocycles. The Kier molecular flexibility index (Phi) is 4.07. The monoisotopic (exact) mass is 267 g/mol. The number of aromatic nitrogens is 3. The van der Waals surface area contributed by atoms with Crippen LogP contribution in [0, 0.1) is 6.92 Å². The first-order chi connectivity index (χ1) is 8.20. The molecular formula is C12H14ClN3S. The number of nitrogens with zero attached hydrogens (tertiary/aromatic N) is 3. The van der Waals surface area contributed by atoms with E-state index < -0.39 is 0 Å². The lowest BCUT2D eigenvalue weighted by atomic mass is 10.2. The summed E-state index contributed by atoms with van der Waals surface area (Å²) >= 11 is 7.76. The Bertz CT molecular complexity index is 497. The fourth-order valence-electron chi connectivity index (χ4n) is 1.57. The molecule has 2 aromatic heterocycles. The second kappa shape index (κ2) is 5.56. The molecular weight excluding hydrogens is 254 g/mol. The molecule has 0 fully saturated rings. The van der Waals surface area contributed by atoms with Crippen LogP contribution in [0.2, 0.25) is 5.15 Å². The second-order valence-corrected chi connectivity index (χ2v) is 5.19. The minimum absolute atomic E-state index is 0.565. The summed E-state index contributed by atoms with van der Waals surface area (Å²) < 4.78 is 0. The zero-order chi connectivity index (χ0) is 12.3. The lowest BCUT2D eigenvalue weighted by Gasteiger charge is -2.07. The Morgan fingerprint density at radius 3 is 2.82 bits per heavy atom. The Balaban J connectivity index is 2.31. The SMILES string of the molecule is CCCc1nc(Cl)c(C)c(Cc2nccs2)n1. The van der Waals surface area contributed by atoms with E-state index in [4.69, 9.17) is 11.6 Å². The maximum atomic E-state index is 6.13. The molecule has 90 valence electrons. The molecule has 0 radical (unpaired) electrons. The molecule has 0 aliphatic carbocycles. The number of hydrogen-bond acceptors (Lipinski definition) is 4. The van der Waals surface area contributed by atoms with Crippen molar-refractivity contribution in [3.8, 4) is 0 Å². The summed E-state index contributed by atoms with van der Waals surface area (Å²) in [6.07, 6.45) is 4.44. The van der Waals surface area contributed by atoms with Crippen LogP contribution >= 0.6 is 22.9 Å². The van der Waals surface area contributed by atoms with Gasteiger partial charge in [0.05, 0.1) is 10.7 Å². The van der Waals surface area contributed by atoms with Crippen molar-refractivity contribution in [3.05, 3.63) is 38.8 Å². The Hall–Kier alpha value is -1.00. The standard InChI is InChI=1S/C12H14ClN3S/c1-3-4-10-15-9(8(2)12(13)16-10)7-11-14-5-6-17-11/h5-6H,3-4,7H2,1-2H3. The highest BCUT2D eigenvalue weighted by Gasteiger charge is 2.10. The lowest BCUT2D eigenvalue weighted by molar-refractivity contribution is 0.810. The van der Waals surface area contributed by atoms with Crippen LogP contribution in [-0.2, 0) is 12.8 Å². The zero-order valence-electron chi connectivity index (χ0n) is 9.90. The van der Waals surface area contributed by atoms with E-state index in [1.807, 2.05) is 18.5 Å². The maximum absolute atomic E-state index is 6.13. The van der Waals surface area contributed by atoms with Gasteiger partial charge in [0, 0.05) is 30.0 Å². The van der Waals surface area contributed by atoms with Gasteiger partial charge in [0.15, 0.2) is 0 Å². The molecule has 17 heavy (non-hydrogen) atoms. The average Bonchev–Trinajstić information content (AvgIpc) is 2.78. The van der Waals surface area contributed by atoms with Gasteiger partial charge in [-0.2, -0.15) is 0 Å². The van der Waals surface area contributed by atoms with Gasteiger partial charge in [0.2, 0.25) is 0 Å². The number of thiazole rings is 1. The van der Waals surface area contributed by atoms with Crippen LogP contribution in [0.5, 0.6) is 0 Å². The fourth-order valence-corrected chi connectivity index (χ4v) is 2.40. The molecule has 0 saturated heterocycles. The third-order valence-corrected chi connectivity index (χ3v) is 3.66. The molecule has 0 aliphatic rings. The fraction of sp³-hybridized carbons (Fsp3) is 0.417. The number of rotatable bonds is 4. The van der Waals surface area contributed by atoms with Crippen molar-refractivity contribution < 1.29 is 0 Å². The van der Waals surface area contributed by atoms with Gasteiger partial charge in [-0.05, 0) is 13.3 Å². The number of halogens is 1. The van der Waals surface area contributed by atoms with E-state index in [9.17, 15) is 0 Å². The highest BCUT2D eigenvalue weighted by Crippen LogP contribution is 2.19. The van der Waals surface area contributed by atoms with Crippen LogP contribution in [0.25, 0.3) is 0 Å². The van der Waals surface area contributed by atoms with Crippen molar-refractivity contribution >= 4 is 22.9 Å². The van der Waals surface area contributed by atoms with Gasteiger partial charge in [0.1, 0.15) is 11.0 Å². The smallest absolute Gasteiger partial charge is 0.135 e. The first-order valence-corrected chi connectivity index (χ1v) is 6.86. The zero-order valence-corrected chi connectivity index (χ0v) is 11.5. The molecule has 0 aliphatic heterocycles. The average molecular weight is 268 g/mol. The van der Waals surface area contributed by atoms with Crippen molar-refractivity contribution in [2.45, 2.75) is 33.1 Å².